The van der Waals surface area contributed by atoms with Crippen LogP contribution in [0, 0.1) is 0 Å². The molecule has 6 saturated heterocycles. The van der Waals surface area contributed by atoms with Crippen LogP contribution in [0.1, 0.15) is 0 Å². The van der Waals surface area contributed by atoms with Crippen LogP contribution in [0.3, 0.4) is 0 Å². The summed E-state index contributed by atoms with van der Waals surface area (Å²) in [4.78, 5) is 0. The normalized spacial score (nSPS) is 34.0. The van der Waals surface area contributed by atoms with E-state index < -0.39 is 411 Å². The summed E-state index contributed by atoms with van der Waals surface area (Å²) in [6, 6.07) is 0. The summed E-state index contributed by atoms with van der Waals surface area (Å²) in [6.07, 6.45) is -114. The Morgan fingerprint density at radius 3 is 0.453 bits per heavy atom. The van der Waals surface area contributed by atoms with Crippen molar-refractivity contribution in [3.8, 4) is 0 Å². The highest BCUT2D eigenvalue weighted by Gasteiger charge is 2.66. The van der Waals surface area contributed by atoms with Crippen molar-refractivity contribution >= 4 is 187 Å². The average molecular weight is 2430 g/mol. The van der Waals surface area contributed by atoms with Crippen LogP contribution in [0.2, 0.25) is 0 Å². The fraction of sp³-hybridized carbons (Fsp3) is 1.00. The summed E-state index contributed by atoms with van der Waals surface area (Å²) in [5, 5.41) is 21.8. The Morgan fingerprint density at radius 1 is 0.151 bits per heavy atom. The highest BCUT2D eigenvalue weighted by Crippen LogP contribution is 2.44. The second kappa shape index (κ2) is 45.9. The third kappa shape index (κ3) is 44.1. The molecule has 6 rings (SSSR count). The first-order valence-electron chi connectivity index (χ1n) is 33.0. The van der Waals surface area contributed by atoms with Gasteiger partial charge in [-0.25, -0.2) is 75.3 Å². The number of ether oxygens (including phenoxy) is 11. The third-order valence-corrected chi connectivity index (χ3v) is 24.3. The minimum atomic E-state index is -7.10. The van der Waals surface area contributed by atoms with Gasteiger partial charge in [0.2, 0.25) is 0 Å². The molecule has 0 amide bonds. The van der Waals surface area contributed by atoms with Gasteiger partial charge in [0.15, 0.2) is 74.4 Å². The first kappa shape index (κ1) is 125. The number of rotatable bonds is 52. The molecule has 6 fully saturated rings. The summed E-state index contributed by atoms with van der Waals surface area (Å²) in [6.45, 7) is -14.6. The number of aliphatic hydroxyl groups is 2. The Kier molecular flexibility index (Phi) is 41.2. The molecule has 824 valence electrons. The molecule has 20 N–H and O–H groups in total. The average Bonchev–Trinajstić information content (AvgIpc) is 0.747. The fourth-order valence-corrected chi connectivity index (χ4v) is 19.9. The molecule has 0 aromatic heterocycles. The van der Waals surface area contributed by atoms with E-state index in [1.165, 1.54) is 0 Å². The molecule has 1 unspecified atom stereocenters. The molecule has 6 aliphatic heterocycles. The number of hydrogen-bond donors (Lipinski definition) is 20. The Balaban J connectivity index is 1.70. The largest absolute Gasteiger partial charge is 0.397 e. The highest BCUT2D eigenvalue weighted by molar-refractivity contribution is 7.84. The van der Waals surface area contributed by atoms with Crippen LogP contribution in [0.4, 0.5) is 0 Å². The van der Waals surface area contributed by atoms with E-state index in [2.05, 4.69) is 75.3 Å². The van der Waals surface area contributed by atoms with Crippen molar-refractivity contribution in [2.24, 2.45) is 0 Å². The third-order valence-electron chi connectivity index (χ3n) is 16.1. The second-order valence-electron chi connectivity index (χ2n) is 25.9. The van der Waals surface area contributed by atoms with Crippen molar-refractivity contribution < 1.29 is 371 Å². The Bertz CT molecular complexity index is 6430. The molecule has 6 aliphatic rings. The summed E-state index contributed by atoms with van der Waals surface area (Å²) in [5.41, 5.74) is 0. The van der Waals surface area contributed by atoms with Crippen molar-refractivity contribution in [3.63, 3.8) is 0 Å². The molecule has 0 aromatic carbocycles. The van der Waals surface area contributed by atoms with Gasteiger partial charge in [-0.3, -0.25) is 81.9 Å². The lowest BCUT2D eigenvalue weighted by Gasteiger charge is -2.51. The van der Waals surface area contributed by atoms with Crippen LogP contribution in [-0.2, 0) is 315 Å². The summed E-state index contributed by atoms with van der Waals surface area (Å²) < 4.78 is 766. The lowest BCUT2D eigenvalue weighted by Crippen LogP contribution is -2.70. The van der Waals surface area contributed by atoms with Crippen LogP contribution in [-0.4, -0.2) is 468 Å². The first-order valence-corrected chi connectivity index (χ1v) is 57.6. The van der Waals surface area contributed by atoms with Crippen molar-refractivity contribution in [3.05, 3.63) is 0 Å². The molecule has 0 aliphatic carbocycles. The van der Waals surface area contributed by atoms with Gasteiger partial charge in [-0.15, -0.1) is 0 Å². The van der Waals surface area contributed by atoms with Crippen LogP contribution < -0.4 is 0 Å². The van der Waals surface area contributed by atoms with Gasteiger partial charge in [0.25, 0.3) is 0 Å². The van der Waals surface area contributed by atoms with E-state index in [9.17, 15) is 244 Å². The fourth-order valence-electron chi connectivity index (χ4n) is 12.1. The molecular formula is C36H62O85S18. The molecule has 0 saturated carbocycles. The molecular weight excluding hydrogens is 2370 g/mol. The van der Waals surface area contributed by atoms with Crippen molar-refractivity contribution in [2.75, 3.05) is 39.6 Å². The predicted octanol–water partition coefficient (Wildman–Crippen LogP) is -17.2. The maximum Gasteiger partial charge on any atom is 0.397 e. The van der Waals surface area contributed by atoms with Crippen LogP contribution in [0.15, 0.2) is 0 Å². The molecule has 139 heavy (non-hydrogen) atoms. The topological polar surface area (TPSA) is 1290 Å². The minimum absolute atomic E-state index is 2.08. The lowest BCUT2D eigenvalue weighted by molar-refractivity contribution is -0.386. The Morgan fingerprint density at radius 2 is 0.281 bits per heavy atom. The molecule has 0 spiro atoms. The molecule has 85 nitrogen and oxygen atoms in total. The molecule has 30 atom stereocenters. The van der Waals surface area contributed by atoms with Crippen molar-refractivity contribution in [1.29, 1.82) is 0 Å². The van der Waals surface area contributed by atoms with Gasteiger partial charge in [0.05, 0.1) is 39.6 Å². The summed E-state index contributed by atoms with van der Waals surface area (Å²) >= 11 is 0. The maximum atomic E-state index is 13.2. The quantitative estimate of drug-likeness (QED) is 0.0252. The predicted molar refractivity (Wildman–Crippen MR) is 387 cm³/mol. The van der Waals surface area contributed by atoms with E-state index in [-0.39, 0.29) is 0 Å². The van der Waals surface area contributed by atoms with E-state index in [1.54, 1.807) is 0 Å². The summed E-state index contributed by atoms with van der Waals surface area (Å²) in [5.74, 6) is 0. The number of aliphatic hydroxyl groups excluding tert-OH is 2. The molecule has 6 heterocycles. The summed E-state index contributed by atoms with van der Waals surface area (Å²) in [7, 11) is -120. The Labute approximate surface area is 776 Å². The zero-order chi connectivity index (χ0) is 107. The molecule has 0 radical (unpaired) electrons. The van der Waals surface area contributed by atoms with E-state index in [4.69, 9.17) is 52.1 Å². The van der Waals surface area contributed by atoms with Gasteiger partial charge < -0.3 is 62.3 Å². The monoisotopic (exact) mass is 2430 g/mol. The van der Waals surface area contributed by atoms with Gasteiger partial charge in [-0.05, 0) is 0 Å². The van der Waals surface area contributed by atoms with E-state index in [0.717, 1.165) is 0 Å². The van der Waals surface area contributed by atoms with Crippen molar-refractivity contribution in [2.45, 2.75) is 184 Å². The van der Waals surface area contributed by atoms with Gasteiger partial charge in [0, 0.05) is 0 Å². The van der Waals surface area contributed by atoms with Gasteiger partial charge in [0.1, 0.15) is 110 Å². The molecule has 103 heteroatoms. The van der Waals surface area contributed by atoms with Crippen LogP contribution in [0.25, 0.3) is 0 Å². The molecule has 0 aromatic rings. The smallest absolute Gasteiger partial charge is 0.387 e. The maximum absolute atomic E-state index is 13.2. The van der Waals surface area contributed by atoms with Gasteiger partial charge >= 0.3 is 187 Å². The highest BCUT2D eigenvalue weighted by atomic mass is 32.3. The zero-order valence-corrected chi connectivity index (χ0v) is 79.1. The van der Waals surface area contributed by atoms with Gasteiger partial charge in [-0.1, -0.05) is 0 Å². The van der Waals surface area contributed by atoms with E-state index >= 15 is 0 Å². The Hall–Kier alpha value is -2.86. The van der Waals surface area contributed by atoms with Crippen LogP contribution >= 0.6 is 0 Å². The standard InChI is InChI=1S/C36H62O85S18/c37-13-7(1-93-122(39,40)41)100-32(26(117-135(78,79)80)19(13)110-128(57,58)59)106-15-9(3-95-124(45,46)47)102-34(28(119-137(84,85)86)21(15)112-130(63,64)65)108-17-11(5-97-126(51,52)53)104-36(30(121-139(90,91)92)23(17)114-132(69,70)71)109-18-12(6-98-127(54,55)56)103-35(29(120-138(87,88)89)24(18)115-133(72,73)74)107-16-10(4-96-125(48,49)50)101-33(27(118-136(81,82)83)22(16)113-131(66,67)68)105-14-8(2-94-123(42,43)44)99-31(38)25(116-134(75,76)77)20(14)111-129(60,61)62/h7-38H,1-6H2,(H,39,40,41)(H,42,43,44)(H,45,46,47)(H,48,49,50)(H,51,52,53)(H,54,55,56)(H,57,58,59)(H,60,61,62)(H,63,64,65)(H,66,67,68)(H,69,70,71)(H,72,73,74)(H,75,76,77)(H,78,79,80)(H,81,82,83)(H,84,85,86)(H,87,88,89)(H,90,91,92)/t7-,8-,9-,10-,11-,12-,13-,14-,15-,16-,17-,18-,19+,20+,21+,22+,23+,24+,25-,26-,27-,28-,29-,30-,31?,32-,33-,34-,35-,36-/m1/s1. The van der Waals surface area contributed by atoms with E-state index in [0.29, 0.717) is 0 Å². The van der Waals surface area contributed by atoms with Crippen molar-refractivity contribution in [1.82, 2.24) is 0 Å². The van der Waals surface area contributed by atoms with E-state index in [1.807, 2.05) is 0 Å². The first-order chi connectivity index (χ1) is 61.8. The lowest BCUT2D eigenvalue weighted by atomic mass is 9.95. The second-order valence-corrected chi connectivity index (χ2v) is 45.0. The zero-order valence-electron chi connectivity index (χ0n) is 64.4. The SMILES string of the molecule is O=S(=O)(O)OC[C@H]1O[C@H](O[C@H]2[C@H](OS(=O)(=O)O)[C@@H](OS(=O)(=O)O)[C@@H](O[C@H]3[C@H](OS(=O)(=O)O)[C@@H](OS(=O)(=O)O)[C@@H](O[C@H]4[C@H](OS(=O)(=O)O)[C@@H](OS(=O)(=O)O)[C@@H](O[C@H]5[C@H](OS(=O)(=O)O)[C@@H](OS(=O)(=O)O)[C@@H](O[C@H]6[C@H](OS(=O)(=O)O)[C@@H](OS(=O)(=O)O)C(O)O[C@@H]6COS(=O)(=O)O)O[C@@H]5COS(=O)(=O)O)O[C@@H]4COS(=O)(=O)O)O[C@@H]3COS(=O)(=O)O)O[C@@H]2COS(=O)(=O)O)[C@H](OS(=O)(=O)O)[C@@H](OS(=O)(=O)O)[C@@H]1O. The minimum Gasteiger partial charge on any atom is -0.387 e. The van der Waals surface area contributed by atoms with Crippen LogP contribution in [0.5, 0.6) is 0 Å². The molecule has 0 bridgehead atoms. The number of hydrogen-bond acceptors (Lipinski definition) is 67. The van der Waals surface area contributed by atoms with Gasteiger partial charge in [-0.2, -0.15) is 152 Å².